The van der Waals surface area contributed by atoms with Gasteiger partial charge in [-0.25, -0.2) is 4.39 Å². The summed E-state index contributed by atoms with van der Waals surface area (Å²) in [5.74, 6) is -0.0449. The van der Waals surface area contributed by atoms with Crippen molar-refractivity contribution in [1.29, 1.82) is 0 Å². The van der Waals surface area contributed by atoms with Crippen LogP contribution in [0.15, 0.2) is 18.2 Å². The van der Waals surface area contributed by atoms with E-state index in [-0.39, 0.29) is 12.2 Å². The molecule has 2 rings (SSSR count). The molecule has 1 saturated carbocycles. The molecule has 1 aromatic carbocycles. The van der Waals surface area contributed by atoms with Crippen LogP contribution in [0, 0.1) is 23.1 Å². The molecule has 1 aliphatic carbocycles. The minimum absolute atomic E-state index is 0.222. The minimum atomic E-state index is -0.850. The summed E-state index contributed by atoms with van der Waals surface area (Å²) in [5, 5.41) is 10.1. The van der Waals surface area contributed by atoms with Crippen LogP contribution in [-0.4, -0.2) is 11.1 Å². The largest absolute Gasteiger partial charge is 0.481 e. The number of rotatable bonds is 4. The lowest BCUT2D eigenvalue weighted by Gasteiger charge is -2.38. The van der Waals surface area contributed by atoms with Crippen molar-refractivity contribution in [2.45, 2.75) is 46.0 Å². The van der Waals surface area contributed by atoms with Crippen LogP contribution in [-0.2, 0) is 11.2 Å². The van der Waals surface area contributed by atoms with Crippen LogP contribution in [0.2, 0.25) is 5.02 Å². The molecular formula is C17H22ClFO2. The van der Waals surface area contributed by atoms with Crippen molar-refractivity contribution in [3.63, 3.8) is 0 Å². The van der Waals surface area contributed by atoms with E-state index < -0.39 is 11.4 Å². The van der Waals surface area contributed by atoms with Crippen LogP contribution in [0.4, 0.5) is 4.39 Å². The third-order valence-electron chi connectivity index (χ3n) is 4.92. The van der Waals surface area contributed by atoms with E-state index in [0.29, 0.717) is 35.3 Å². The van der Waals surface area contributed by atoms with Gasteiger partial charge in [0.15, 0.2) is 0 Å². The van der Waals surface area contributed by atoms with Gasteiger partial charge in [0, 0.05) is 5.02 Å². The van der Waals surface area contributed by atoms with Crippen molar-refractivity contribution in [2.24, 2.45) is 17.3 Å². The Balaban J connectivity index is 2.21. The Hall–Kier alpha value is -1.09. The van der Waals surface area contributed by atoms with Crippen LogP contribution in [0.1, 0.15) is 45.1 Å². The molecule has 2 nitrogen and oxygen atoms in total. The van der Waals surface area contributed by atoms with E-state index in [2.05, 4.69) is 13.8 Å². The molecule has 0 bridgehead atoms. The number of hydrogen-bond donors (Lipinski definition) is 1. The van der Waals surface area contributed by atoms with E-state index in [4.69, 9.17) is 11.6 Å². The number of aliphatic carboxylic acids is 1. The fraction of sp³-hybridized carbons (Fsp3) is 0.588. The van der Waals surface area contributed by atoms with Gasteiger partial charge in [-0.1, -0.05) is 25.4 Å². The second kappa shape index (κ2) is 6.35. The average Bonchev–Trinajstić information content (AvgIpc) is 2.43. The van der Waals surface area contributed by atoms with Crippen LogP contribution < -0.4 is 0 Å². The van der Waals surface area contributed by atoms with Gasteiger partial charge >= 0.3 is 5.97 Å². The molecule has 0 aliphatic heterocycles. The Kier molecular flexibility index (Phi) is 4.92. The van der Waals surface area contributed by atoms with Gasteiger partial charge in [-0.2, -0.15) is 0 Å². The zero-order chi connectivity index (χ0) is 15.6. The van der Waals surface area contributed by atoms with Crippen molar-refractivity contribution in [3.05, 3.63) is 34.6 Å². The highest BCUT2D eigenvalue weighted by Gasteiger charge is 2.42. The smallest absolute Gasteiger partial charge is 0.309 e. The molecule has 21 heavy (non-hydrogen) atoms. The first kappa shape index (κ1) is 16.3. The van der Waals surface area contributed by atoms with E-state index in [0.717, 1.165) is 12.8 Å². The summed E-state index contributed by atoms with van der Waals surface area (Å²) in [4.78, 5) is 11.8. The van der Waals surface area contributed by atoms with Gasteiger partial charge in [0.05, 0.1) is 5.41 Å². The molecule has 0 spiro atoms. The van der Waals surface area contributed by atoms with E-state index in [1.54, 1.807) is 6.07 Å². The van der Waals surface area contributed by atoms with Gasteiger partial charge in [-0.3, -0.25) is 4.79 Å². The van der Waals surface area contributed by atoms with Crippen molar-refractivity contribution in [2.75, 3.05) is 0 Å². The highest BCUT2D eigenvalue weighted by Crippen LogP contribution is 2.44. The van der Waals surface area contributed by atoms with E-state index >= 15 is 0 Å². The molecule has 1 N–H and O–H groups in total. The molecule has 116 valence electrons. The molecule has 0 atom stereocenters. The number of carbonyl (C=O) groups is 1. The van der Waals surface area contributed by atoms with Crippen LogP contribution in [0.5, 0.6) is 0 Å². The summed E-state index contributed by atoms with van der Waals surface area (Å²) >= 11 is 5.91. The first-order chi connectivity index (χ1) is 9.84. The van der Waals surface area contributed by atoms with Crippen molar-refractivity contribution in [1.82, 2.24) is 0 Å². The van der Waals surface area contributed by atoms with Gasteiger partial charge in [0.2, 0.25) is 0 Å². The molecule has 0 radical (unpaired) electrons. The Morgan fingerprint density at radius 1 is 1.43 bits per heavy atom. The second-order valence-corrected chi connectivity index (χ2v) is 7.02. The first-order valence-electron chi connectivity index (χ1n) is 7.51. The molecule has 1 fully saturated rings. The van der Waals surface area contributed by atoms with E-state index in [9.17, 15) is 14.3 Å². The topological polar surface area (TPSA) is 37.3 Å². The summed E-state index contributed by atoms with van der Waals surface area (Å²) in [5.41, 5.74) is -0.440. The Morgan fingerprint density at radius 3 is 2.57 bits per heavy atom. The summed E-state index contributed by atoms with van der Waals surface area (Å²) in [6.07, 6.45) is 3.23. The maximum Gasteiger partial charge on any atom is 0.309 e. The highest BCUT2D eigenvalue weighted by atomic mass is 35.5. The lowest BCUT2D eigenvalue weighted by Crippen LogP contribution is -2.38. The fourth-order valence-corrected chi connectivity index (χ4v) is 3.56. The third kappa shape index (κ3) is 3.57. The van der Waals surface area contributed by atoms with Crippen LogP contribution in [0.3, 0.4) is 0 Å². The number of hydrogen-bond acceptors (Lipinski definition) is 1. The lowest BCUT2D eigenvalue weighted by molar-refractivity contribution is -0.152. The van der Waals surface area contributed by atoms with Gasteiger partial charge < -0.3 is 5.11 Å². The first-order valence-corrected chi connectivity index (χ1v) is 7.89. The van der Waals surface area contributed by atoms with E-state index in [1.165, 1.54) is 12.1 Å². The summed E-state index contributed by atoms with van der Waals surface area (Å²) < 4.78 is 13.9. The van der Waals surface area contributed by atoms with Gasteiger partial charge in [-0.15, -0.1) is 0 Å². The number of halogens is 2. The predicted molar refractivity (Wildman–Crippen MR) is 82.0 cm³/mol. The quantitative estimate of drug-likeness (QED) is 0.855. The maximum atomic E-state index is 13.9. The zero-order valence-corrected chi connectivity index (χ0v) is 13.3. The molecule has 0 unspecified atom stereocenters. The summed E-state index contributed by atoms with van der Waals surface area (Å²) in [6.45, 7) is 4.35. The molecular weight excluding hydrogens is 291 g/mol. The SMILES string of the molecule is CC(C)C1CCC(Cc2cc(Cl)ccc2F)(C(=O)O)CC1. The second-order valence-electron chi connectivity index (χ2n) is 6.58. The molecule has 0 amide bonds. The maximum absolute atomic E-state index is 13.9. The van der Waals surface area contributed by atoms with Gasteiger partial charge in [0.25, 0.3) is 0 Å². The minimum Gasteiger partial charge on any atom is -0.481 e. The summed E-state index contributed by atoms with van der Waals surface area (Å²) in [7, 11) is 0. The number of carboxylic acids is 1. The highest BCUT2D eigenvalue weighted by molar-refractivity contribution is 6.30. The number of benzene rings is 1. The molecule has 1 aliphatic rings. The molecule has 0 heterocycles. The monoisotopic (exact) mass is 312 g/mol. The van der Waals surface area contributed by atoms with E-state index in [1.807, 2.05) is 0 Å². The summed E-state index contributed by atoms with van der Waals surface area (Å²) in [6, 6.07) is 4.35. The van der Waals surface area contributed by atoms with Crippen LogP contribution in [0.25, 0.3) is 0 Å². The zero-order valence-electron chi connectivity index (χ0n) is 12.5. The van der Waals surface area contributed by atoms with Crippen molar-refractivity contribution >= 4 is 17.6 Å². The molecule has 1 aromatic rings. The molecule has 0 aromatic heterocycles. The predicted octanol–water partition coefficient (Wildman–Crippen LogP) is 4.94. The average molecular weight is 313 g/mol. The Labute approximate surface area is 130 Å². The third-order valence-corrected chi connectivity index (χ3v) is 5.16. The van der Waals surface area contributed by atoms with Gasteiger partial charge in [0.1, 0.15) is 5.82 Å². The van der Waals surface area contributed by atoms with Crippen molar-refractivity contribution in [3.8, 4) is 0 Å². The number of carboxylic acid groups (broad SMARTS) is 1. The molecule has 0 saturated heterocycles. The Morgan fingerprint density at radius 2 is 2.05 bits per heavy atom. The fourth-order valence-electron chi connectivity index (χ4n) is 3.37. The normalized spacial score (nSPS) is 26.0. The Bertz CT molecular complexity index is 520. The molecule has 4 heteroatoms. The lowest BCUT2D eigenvalue weighted by atomic mass is 9.65. The standard InChI is InChI=1S/C17H22ClFO2/c1-11(2)12-5-7-17(8-6-12,16(20)21)10-13-9-14(18)3-4-15(13)19/h3-4,9,11-12H,5-8,10H2,1-2H3,(H,20,21). The van der Waals surface area contributed by atoms with Gasteiger partial charge in [-0.05, 0) is 67.7 Å². The van der Waals surface area contributed by atoms with Crippen LogP contribution >= 0.6 is 11.6 Å². The van der Waals surface area contributed by atoms with Crippen molar-refractivity contribution < 1.29 is 14.3 Å².